The van der Waals surface area contributed by atoms with Crippen molar-refractivity contribution in [2.45, 2.75) is 98.8 Å². The van der Waals surface area contributed by atoms with Crippen molar-refractivity contribution < 1.29 is 25.8 Å². The van der Waals surface area contributed by atoms with Crippen molar-refractivity contribution in [3.63, 3.8) is 0 Å². The number of hydrogen-bond acceptors (Lipinski definition) is 3. The first kappa shape index (κ1) is 35.9. The fourth-order valence-corrected chi connectivity index (χ4v) is 7.75. The number of allylic oxidation sites excluding steroid dienone is 2. The summed E-state index contributed by atoms with van der Waals surface area (Å²) in [5.41, 5.74) is 10.7. The van der Waals surface area contributed by atoms with Crippen LogP contribution in [0.3, 0.4) is 0 Å². The van der Waals surface area contributed by atoms with E-state index < -0.39 is 0 Å². The molecule has 0 aliphatic heterocycles. The first-order valence-corrected chi connectivity index (χ1v) is 18.2. The maximum atomic E-state index is 6.68. The van der Waals surface area contributed by atoms with Crippen molar-refractivity contribution in [3.05, 3.63) is 119 Å². The molecule has 6 aromatic rings. The average Bonchev–Trinajstić information content (AvgIpc) is 3.60. The summed E-state index contributed by atoms with van der Waals surface area (Å²) in [6.07, 6.45) is 10.9. The molecule has 0 saturated heterocycles. The zero-order valence-electron chi connectivity index (χ0n) is 30.4. The number of benzene rings is 3. The van der Waals surface area contributed by atoms with Crippen LogP contribution in [0.25, 0.3) is 33.3 Å². The fourth-order valence-electron chi connectivity index (χ4n) is 7.75. The Labute approximate surface area is 312 Å². The van der Waals surface area contributed by atoms with Crippen LogP contribution in [0.2, 0.25) is 0 Å². The van der Waals surface area contributed by atoms with E-state index >= 15 is 0 Å². The number of ether oxygens (including phenoxy) is 1. The molecule has 6 heteroatoms. The van der Waals surface area contributed by atoms with Crippen LogP contribution in [0.5, 0.6) is 11.5 Å². The van der Waals surface area contributed by atoms with Gasteiger partial charge in [-0.25, -0.2) is 4.98 Å². The molecule has 50 heavy (non-hydrogen) atoms. The van der Waals surface area contributed by atoms with Crippen LogP contribution in [0.4, 0.5) is 0 Å². The molecule has 0 fully saturated rings. The summed E-state index contributed by atoms with van der Waals surface area (Å²) in [6, 6.07) is 28.5. The van der Waals surface area contributed by atoms with Gasteiger partial charge < -0.3 is 9.30 Å². The maximum Gasteiger partial charge on any atom is 2.00 e. The Morgan fingerprint density at radius 2 is 1.78 bits per heavy atom. The van der Waals surface area contributed by atoms with E-state index in [2.05, 4.69) is 131 Å². The molecule has 0 saturated carbocycles. The molecular weight excluding hydrogens is 796 g/mol. The summed E-state index contributed by atoms with van der Waals surface area (Å²) >= 11 is 0. The van der Waals surface area contributed by atoms with Crippen LogP contribution in [0, 0.1) is 25.0 Å². The molecule has 3 aromatic heterocycles. The minimum atomic E-state index is 0. The molecule has 260 valence electrons. The average molecular weight is 844 g/mol. The largest absolute Gasteiger partial charge is 2.00 e. The molecule has 0 spiro atoms. The predicted octanol–water partition coefficient (Wildman–Crippen LogP) is 11.6. The van der Waals surface area contributed by atoms with E-state index in [9.17, 15) is 0 Å². The first-order chi connectivity index (χ1) is 23.8. The van der Waals surface area contributed by atoms with Crippen molar-refractivity contribution in [3.8, 4) is 23.0 Å². The van der Waals surface area contributed by atoms with Gasteiger partial charge >= 0.3 is 21.1 Å². The second kappa shape index (κ2) is 15.1. The van der Waals surface area contributed by atoms with E-state index in [1.54, 1.807) is 0 Å². The van der Waals surface area contributed by atoms with E-state index in [-0.39, 0.29) is 21.1 Å². The molecule has 7 rings (SSSR count). The van der Waals surface area contributed by atoms with E-state index in [0.29, 0.717) is 29.3 Å². The Morgan fingerprint density at radius 3 is 2.54 bits per heavy atom. The summed E-state index contributed by atoms with van der Waals surface area (Å²) in [6.45, 7) is 15.8. The predicted molar refractivity (Wildman–Crippen MR) is 202 cm³/mol. The van der Waals surface area contributed by atoms with Gasteiger partial charge in [-0.1, -0.05) is 76.4 Å². The molecule has 3 heterocycles. The molecule has 1 aliphatic carbocycles. The van der Waals surface area contributed by atoms with Crippen LogP contribution < -0.4 is 4.74 Å². The van der Waals surface area contributed by atoms with Gasteiger partial charge in [0.25, 0.3) is 0 Å². The number of rotatable bonds is 10. The van der Waals surface area contributed by atoms with Crippen molar-refractivity contribution in [2.24, 2.45) is 5.92 Å². The Balaban J connectivity index is 0.00000432. The van der Waals surface area contributed by atoms with Crippen LogP contribution in [-0.4, -0.2) is 19.3 Å². The molecule has 2 atom stereocenters. The van der Waals surface area contributed by atoms with Crippen LogP contribution in [0.1, 0.15) is 107 Å². The van der Waals surface area contributed by atoms with Gasteiger partial charge in [0.2, 0.25) is 0 Å². The third-order valence-electron chi connectivity index (χ3n) is 10.4. The van der Waals surface area contributed by atoms with Gasteiger partial charge in [-0.2, -0.15) is 11.2 Å². The van der Waals surface area contributed by atoms with Gasteiger partial charge in [0.1, 0.15) is 5.82 Å². The van der Waals surface area contributed by atoms with Gasteiger partial charge in [-0.15, -0.1) is 41.3 Å². The molecule has 1 unspecified atom stereocenters. The molecule has 0 N–H and O–H groups in total. The topological polar surface area (TPSA) is 44.9 Å². The van der Waals surface area contributed by atoms with Crippen molar-refractivity contribution in [2.75, 3.05) is 0 Å². The number of fused-ring (bicyclic) bond motifs is 3. The van der Waals surface area contributed by atoms with E-state index in [1.807, 2.05) is 12.3 Å². The summed E-state index contributed by atoms with van der Waals surface area (Å²) in [5, 5.41) is 7.52. The summed E-state index contributed by atoms with van der Waals surface area (Å²) in [5.74, 6) is 3.50. The Morgan fingerprint density at radius 1 is 0.960 bits per heavy atom. The molecule has 3 aromatic carbocycles. The SMILES string of the molecule is CCCCc1c(C2C(C)=CCC[C@@H]2C)c(C)nn1-c1[c-]c(Oc2[c-]c3c(cc2)c2ccccc2n3-c2cc(CC)ccn2)cc(C(C)C)c1.[Pt+2]. The zero-order chi connectivity index (χ0) is 34.2. The van der Waals surface area contributed by atoms with Crippen LogP contribution >= 0.6 is 0 Å². The number of hydrogen-bond donors (Lipinski definition) is 0. The Kier molecular flexibility index (Phi) is 10.8. The summed E-state index contributed by atoms with van der Waals surface area (Å²) in [4.78, 5) is 4.78. The number of pyridine rings is 1. The molecule has 1 aliphatic rings. The van der Waals surface area contributed by atoms with E-state index in [4.69, 9.17) is 14.8 Å². The smallest absolute Gasteiger partial charge is 0.509 e. The second-order valence-corrected chi connectivity index (χ2v) is 14.2. The molecule has 5 nitrogen and oxygen atoms in total. The van der Waals surface area contributed by atoms with Crippen molar-refractivity contribution in [1.29, 1.82) is 0 Å². The number of unbranched alkanes of at least 4 members (excludes halogenated alkanes) is 1. The number of aromatic nitrogens is 4. The fraction of sp³-hybridized carbons (Fsp3) is 0.364. The number of para-hydroxylation sites is 1. The maximum absolute atomic E-state index is 6.68. The molecule has 0 radical (unpaired) electrons. The molecular formula is C44H48N4OPt. The van der Waals surface area contributed by atoms with Gasteiger partial charge in [-0.3, -0.25) is 4.68 Å². The van der Waals surface area contributed by atoms with Crippen LogP contribution in [0.15, 0.2) is 78.5 Å². The minimum absolute atomic E-state index is 0. The van der Waals surface area contributed by atoms with Gasteiger partial charge in [0.05, 0.1) is 5.69 Å². The van der Waals surface area contributed by atoms with Gasteiger partial charge in [0.15, 0.2) is 0 Å². The first-order valence-electron chi connectivity index (χ1n) is 18.2. The van der Waals surface area contributed by atoms with Crippen molar-refractivity contribution >= 4 is 21.8 Å². The van der Waals surface area contributed by atoms with Crippen molar-refractivity contribution in [1.82, 2.24) is 19.3 Å². The van der Waals surface area contributed by atoms with Crippen LogP contribution in [-0.2, 0) is 33.9 Å². The normalized spacial score (nSPS) is 16.2. The van der Waals surface area contributed by atoms with E-state index in [1.165, 1.54) is 39.8 Å². The quantitative estimate of drug-likeness (QED) is 0.102. The molecule has 0 amide bonds. The van der Waals surface area contributed by atoms with Gasteiger partial charge in [-0.05, 0) is 92.6 Å². The second-order valence-electron chi connectivity index (χ2n) is 14.2. The Bertz CT molecular complexity index is 2170. The third kappa shape index (κ3) is 6.74. The monoisotopic (exact) mass is 843 g/mol. The van der Waals surface area contributed by atoms with Gasteiger partial charge in [0, 0.05) is 40.4 Å². The van der Waals surface area contributed by atoms with E-state index in [0.717, 1.165) is 65.7 Å². The third-order valence-corrected chi connectivity index (χ3v) is 10.4. The summed E-state index contributed by atoms with van der Waals surface area (Å²) < 4.78 is 11.1. The Hall–Kier alpha value is -3.95. The number of aryl methyl sites for hydroxylation is 2. The molecule has 0 bridgehead atoms. The summed E-state index contributed by atoms with van der Waals surface area (Å²) in [7, 11) is 0. The number of nitrogens with zero attached hydrogens (tertiary/aromatic N) is 4. The minimum Gasteiger partial charge on any atom is -0.509 e. The zero-order valence-corrected chi connectivity index (χ0v) is 32.7. The standard InChI is InChI=1S/C44H48N4O.Pt/c1-8-10-17-40-44(43-29(5)14-13-15-30(43)6)31(7)46-48(40)34-24-33(28(3)4)25-36(26-34)49-35-19-20-38-37-16-11-12-18-39(37)47(41(38)27-35)42-23-32(9-2)21-22-45-42;/h11-12,14,16,18-25,28,30,43H,8-10,13,15,17H2,1-7H3;/q-2;+2/t30-,43?;/m0./s1.